The van der Waals surface area contributed by atoms with Crippen molar-refractivity contribution >= 4 is 10.8 Å². The van der Waals surface area contributed by atoms with Crippen LogP contribution in [0.25, 0.3) is 10.8 Å². The molecular weight excluding hydrogens is 234 g/mol. The Morgan fingerprint density at radius 2 is 2.05 bits per heavy atom. The summed E-state index contributed by atoms with van der Waals surface area (Å²) >= 11 is 0. The molecule has 0 spiro atoms. The number of ether oxygens (including phenoxy) is 1. The highest BCUT2D eigenvalue weighted by atomic mass is 16.5. The summed E-state index contributed by atoms with van der Waals surface area (Å²) in [5.74, 6) is 0.650. The maximum atomic E-state index is 5.51. The normalized spacial score (nSPS) is 20.8. The van der Waals surface area contributed by atoms with Crippen molar-refractivity contribution in [2.75, 3.05) is 20.3 Å². The van der Waals surface area contributed by atoms with Gasteiger partial charge in [-0.2, -0.15) is 0 Å². The van der Waals surface area contributed by atoms with Crippen LogP contribution in [0.2, 0.25) is 0 Å². The Labute approximate surface area is 114 Å². The van der Waals surface area contributed by atoms with Crippen LogP contribution in [-0.4, -0.2) is 26.3 Å². The molecule has 19 heavy (non-hydrogen) atoms. The topological polar surface area (TPSA) is 21.3 Å². The standard InChI is InChI=1S/C17H21NO/c1-18-17(16-8-9-19-12-16)11-13-6-7-14-4-2-3-5-15(14)10-13/h2-7,10,16-18H,8-9,11-12H2,1H3. The van der Waals surface area contributed by atoms with Crippen LogP contribution in [0, 0.1) is 5.92 Å². The lowest BCUT2D eigenvalue weighted by Gasteiger charge is -2.22. The van der Waals surface area contributed by atoms with Gasteiger partial charge >= 0.3 is 0 Å². The zero-order valence-corrected chi connectivity index (χ0v) is 11.4. The van der Waals surface area contributed by atoms with Gasteiger partial charge in [-0.3, -0.25) is 0 Å². The first-order chi connectivity index (χ1) is 9.36. The fourth-order valence-electron chi connectivity index (χ4n) is 2.99. The van der Waals surface area contributed by atoms with E-state index in [1.807, 2.05) is 0 Å². The zero-order chi connectivity index (χ0) is 13.1. The van der Waals surface area contributed by atoms with E-state index in [2.05, 4.69) is 54.8 Å². The monoisotopic (exact) mass is 255 g/mol. The molecule has 2 nitrogen and oxygen atoms in total. The molecule has 1 heterocycles. The van der Waals surface area contributed by atoms with Crippen molar-refractivity contribution in [1.29, 1.82) is 0 Å². The summed E-state index contributed by atoms with van der Waals surface area (Å²) in [6, 6.07) is 15.9. The molecule has 0 bridgehead atoms. The lowest BCUT2D eigenvalue weighted by molar-refractivity contribution is 0.177. The van der Waals surface area contributed by atoms with Gasteiger partial charge in [-0.05, 0) is 36.2 Å². The lowest BCUT2D eigenvalue weighted by atomic mass is 9.92. The van der Waals surface area contributed by atoms with E-state index in [0.717, 1.165) is 19.6 Å². The third kappa shape index (κ3) is 2.80. The number of benzene rings is 2. The maximum absolute atomic E-state index is 5.51. The van der Waals surface area contributed by atoms with Gasteiger partial charge in [0.15, 0.2) is 0 Å². The van der Waals surface area contributed by atoms with Crippen molar-refractivity contribution in [2.45, 2.75) is 18.9 Å². The summed E-state index contributed by atoms with van der Waals surface area (Å²) in [6.45, 7) is 1.82. The second-order valence-corrected chi connectivity index (χ2v) is 5.40. The van der Waals surface area contributed by atoms with Crippen LogP contribution >= 0.6 is 0 Å². The third-order valence-corrected chi connectivity index (χ3v) is 4.17. The van der Waals surface area contributed by atoms with Gasteiger partial charge in [0.2, 0.25) is 0 Å². The highest BCUT2D eigenvalue weighted by Gasteiger charge is 2.24. The third-order valence-electron chi connectivity index (χ3n) is 4.17. The van der Waals surface area contributed by atoms with Gasteiger partial charge in [0.25, 0.3) is 0 Å². The molecular formula is C17H21NO. The van der Waals surface area contributed by atoms with Gasteiger partial charge in [0, 0.05) is 18.6 Å². The summed E-state index contributed by atoms with van der Waals surface area (Å²) in [4.78, 5) is 0. The number of fused-ring (bicyclic) bond motifs is 1. The number of nitrogens with one attached hydrogen (secondary N) is 1. The van der Waals surface area contributed by atoms with Crippen LogP contribution in [0.3, 0.4) is 0 Å². The molecule has 2 heteroatoms. The summed E-state index contributed by atoms with van der Waals surface area (Å²) in [5.41, 5.74) is 1.41. The van der Waals surface area contributed by atoms with Crippen LogP contribution in [0.15, 0.2) is 42.5 Å². The number of hydrogen-bond acceptors (Lipinski definition) is 2. The Balaban J connectivity index is 1.79. The fourth-order valence-corrected chi connectivity index (χ4v) is 2.99. The molecule has 0 aliphatic carbocycles. The Kier molecular flexibility index (Phi) is 3.81. The van der Waals surface area contributed by atoms with Gasteiger partial charge in [-0.25, -0.2) is 0 Å². The number of likely N-dealkylation sites (N-methyl/N-ethyl adjacent to an activating group) is 1. The molecule has 2 atom stereocenters. The Morgan fingerprint density at radius 1 is 1.21 bits per heavy atom. The van der Waals surface area contributed by atoms with Crippen LogP contribution in [0.1, 0.15) is 12.0 Å². The highest BCUT2D eigenvalue weighted by Crippen LogP contribution is 2.22. The van der Waals surface area contributed by atoms with Crippen molar-refractivity contribution in [3.63, 3.8) is 0 Å². The molecule has 100 valence electrons. The van der Waals surface area contributed by atoms with E-state index in [-0.39, 0.29) is 0 Å². The van der Waals surface area contributed by atoms with Crippen molar-refractivity contribution < 1.29 is 4.74 Å². The molecule has 0 amide bonds. The molecule has 0 saturated carbocycles. The van der Waals surface area contributed by atoms with E-state index in [1.54, 1.807) is 0 Å². The smallest absolute Gasteiger partial charge is 0.0510 e. The van der Waals surface area contributed by atoms with E-state index in [9.17, 15) is 0 Å². The van der Waals surface area contributed by atoms with Gasteiger partial charge in [-0.1, -0.05) is 42.5 Å². The van der Waals surface area contributed by atoms with Crippen LogP contribution in [0.5, 0.6) is 0 Å². The van der Waals surface area contributed by atoms with Gasteiger partial charge in [0.05, 0.1) is 6.61 Å². The van der Waals surface area contributed by atoms with Crippen molar-refractivity contribution in [3.05, 3.63) is 48.0 Å². The van der Waals surface area contributed by atoms with Gasteiger partial charge < -0.3 is 10.1 Å². The number of hydrogen-bond donors (Lipinski definition) is 1. The van der Waals surface area contributed by atoms with Crippen molar-refractivity contribution in [1.82, 2.24) is 5.32 Å². The van der Waals surface area contributed by atoms with E-state index < -0.39 is 0 Å². The van der Waals surface area contributed by atoms with Crippen LogP contribution in [0.4, 0.5) is 0 Å². The predicted octanol–water partition coefficient (Wildman–Crippen LogP) is 3.01. The fraction of sp³-hybridized carbons (Fsp3) is 0.412. The minimum absolute atomic E-state index is 0.517. The summed E-state index contributed by atoms with van der Waals surface area (Å²) < 4.78 is 5.51. The quantitative estimate of drug-likeness (QED) is 0.907. The molecule has 1 fully saturated rings. The Morgan fingerprint density at radius 3 is 2.79 bits per heavy atom. The number of rotatable bonds is 4. The van der Waals surface area contributed by atoms with E-state index in [0.29, 0.717) is 12.0 Å². The lowest BCUT2D eigenvalue weighted by Crippen LogP contribution is -2.35. The average molecular weight is 255 g/mol. The molecule has 2 aromatic rings. The second-order valence-electron chi connectivity index (χ2n) is 5.40. The zero-order valence-electron chi connectivity index (χ0n) is 11.4. The van der Waals surface area contributed by atoms with E-state index >= 15 is 0 Å². The minimum Gasteiger partial charge on any atom is -0.381 e. The molecule has 0 aromatic heterocycles. The molecule has 1 N–H and O–H groups in total. The molecule has 1 saturated heterocycles. The molecule has 1 aliphatic heterocycles. The molecule has 3 rings (SSSR count). The first kappa shape index (κ1) is 12.6. The van der Waals surface area contributed by atoms with Gasteiger partial charge in [0.1, 0.15) is 0 Å². The first-order valence-corrected chi connectivity index (χ1v) is 7.09. The van der Waals surface area contributed by atoms with Crippen molar-refractivity contribution in [3.8, 4) is 0 Å². The van der Waals surface area contributed by atoms with Crippen LogP contribution < -0.4 is 5.32 Å². The summed E-state index contributed by atoms with van der Waals surface area (Å²) in [5, 5.41) is 6.11. The SMILES string of the molecule is CNC(Cc1ccc2ccccc2c1)C1CCOC1. The van der Waals surface area contributed by atoms with Gasteiger partial charge in [-0.15, -0.1) is 0 Å². The second kappa shape index (κ2) is 5.72. The Bertz CT molecular complexity index is 546. The highest BCUT2D eigenvalue weighted by molar-refractivity contribution is 5.82. The van der Waals surface area contributed by atoms with Crippen LogP contribution in [-0.2, 0) is 11.2 Å². The largest absolute Gasteiger partial charge is 0.381 e. The average Bonchev–Trinajstić information content (AvgIpc) is 2.98. The first-order valence-electron chi connectivity index (χ1n) is 7.09. The van der Waals surface area contributed by atoms with E-state index in [4.69, 9.17) is 4.74 Å². The molecule has 2 unspecified atom stereocenters. The summed E-state index contributed by atoms with van der Waals surface area (Å²) in [6.07, 6.45) is 2.26. The van der Waals surface area contributed by atoms with E-state index in [1.165, 1.54) is 22.8 Å². The molecule has 2 aromatic carbocycles. The Hall–Kier alpha value is -1.38. The molecule has 1 aliphatic rings. The summed E-state index contributed by atoms with van der Waals surface area (Å²) in [7, 11) is 2.06. The predicted molar refractivity (Wildman–Crippen MR) is 79.4 cm³/mol. The maximum Gasteiger partial charge on any atom is 0.0510 e. The molecule has 0 radical (unpaired) electrons. The van der Waals surface area contributed by atoms with Crippen molar-refractivity contribution in [2.24, 2.45) is 5.92 Å². The minimum atomic E-state index is 0.517.